The summed E-state index contributed by atoms with van der Waals surface area (Å²) in [6.45, 7) is 5.40. The number of anilines is 1. The molecule has 0 radical (unpaired) electrons. The number of carbonyl (C=O) groups excluding carboxylic acids is 1. The largest absolute Gasteiger partial charge is 0.477 e. The van der Waals surface area contributed by atoms with Crippen LogP contribution in [0.3, 0.4) is 0 Å². The average Bonchev–Trinajstić information content (AvgIpc) is 2.60. The normalized spacial score (nSPS) is 11.3. The molecule has 0 spiro atoms. The number of nitrogens with one attached hydrogen (secondary N) is 1. The number of nitrogens with zero attached hydrogens (tertiary/aromatic N) is 1. The van der Waals surface area contributed by atoms with Crippen LogP contribution in [0.5, 0.6) is 0 Å². The van der Waals surface area contributed by atoms with Gasteiger partial charge in [-0.05, 0) is 0 Å². The topological polar surface area (TPSA) is 88.5 Å². The number of rotatable bonds is 4. The van der Waals surface area contributed by atoms with Crippen molar-refractivity contribution < 1.29 is 19.4 Å². The van der Waals surface area contributed by atoms with Crippen LogP contribution in [0.4, 0.5) is 5.13 Å². The van der Waals surface area contributed by atoms with E-state index in [2.05, 4.69) is 10.3 Å². The van der Waals surface area contributed by atoms with E-state index in [0.717, 1.165) is 11.3 Å². The van der Waals surface area contributed by atoms with Gasteiger partial charge in [0, 0.05) is 12.5 Å². The highest BCUT2D eigenvalue weighted by Crippen LogP contribution is 2.25. The molecule has 2 N–H and O–H groups in total. The third-order valence-corrected chi connectivity index (χ3v) is 3.08. The summed E-state index contributed by atoms with van der Waals surface area (Å²) >= 11 is 0.929. The summed E-state index contributed by atoms with van der Waals surface area (Å²) in [5, 5.41) is 11.9. The number of carboxylic acids is 1. The quantitative estimate of drug-likeness (QED) is 0.874. The standard InChI is InChI=1S/C11H16N2O4S/c1-11(2,3)9(16)13-10-12-6(5-17-4)7(18-10)8(14)15/h5H2,1-4H3,(H,14,15)(H,12,13,16). The van der Waals surface area contributed by atoms with Crippen molar-refractivity contribution in [2.24, 2.45) is 5.41 Å². The van der Waals surface area contributed by atoms with Crippen LogP contribution >= 0.6 is 11.3 Å². The van der Waals surface area contributed by atoms with E-state index in [9.17, 15) is 9.59 Å². The molecule has 1 aromatic rings. The Kier molecular flexibility index (Phi) is 4.42. The van der Waals surface area contributed by atoms with Gasteiger partial charge in [-0.3, -0.25) is 4.79 Å². The van der Waals surface area contributed by atoms with E-state index in [1.165, 1.54) is 7.11 Å². The molecule has 0 atom stereocenters. The maximum absolute atomic E-state index is 11.8. The Labute approximate surface area is 109 Å². The number of thiazole rings is 1. The predicted octanol–water partition coefficient (Wildman–Crippen LogP) is 1.97. The van der Waals surface area contributed by atoms with Gasteiger partial charge in [0.2, 0.25) is 5.91 Å². The van der Waals surface area contributed by atoms with Gasteiger partial charge in [0.05, 0.1) is 12.3 Å². The molecule has 0 aliphatic rings. The summed E-state index contributed by atoms with van der Waals surface area (Å²) in [6.07, 6.45) is 0. The fourth-order valence-electron chi connectivity index (χ4n) is 1.09. The first-order valence-electron chi connectivity index (χ1n) is 5.29. The van der Waals surface area contributed by atoms with Gasteiger partial charge < -0.3 is 15.2 Å². The highest BCUT2D eigenvalue weighted by atomic mass is 32.1. The zero-order chi connectivity index (χ0) is 13.9. The van der Waals surface area contributed by atoms with E-state index in [1.54, 1.807) is 20.8 Å². The van der Waals surface area contributed by atoms with Crippen molar-refractivity contribution in [3.63, 3.8) is 0 Å². The van der Waals surface area contributed by atoms with Gasteiger partial charge in [-0.1, -0.05) is 32.1 Å². The van der Waals surface area contributed by atoms with Crippen molar-refractivity contribution in [2.75, 3.05) is 12.4 Å². The van der Waals surface area contributed by atoms with E-state index >= 15 is 0 Å². The van der Waals surface area contributed by atoms with Crippen LogP contribution < -0.4 is 5.32 Å². The number of methoxy groups -OCH3 is 1. The number of carbonyl (C=O) groups is 2. The Balaban J connectivity index is 2.95. The highest BCUT2D eigenvalue weighted by molar-refractivity contribution is 7.17. The molecule has 0 aliphatic carbocycles. The Morgan fingerprint density at radius 3 is 2.50 bits per heavy atom. The second-order valence-electron chi connectivity index (χ2n) is 4.74. The monoisotopic (exact) mass is 272 g/mol. The molecule has 100 valence electrons. The minimum Gasteiger partial charge on any atom is -0.477 e. The van der Waals surface area contributed by atoms with Gasteiger partial charge in [0.15, 0.2) is 5.13 Å². The number of aromatic nitrogens is 1. The lowest BCUT2D eigenvalue weighted by molar-refractivity contribution is -0.123. The van der Waals surface area contributed by atoms with E-state index in [1.807, 2.05) is 0 Å². The van der Waals surface area contributed by atoms with Crippen molar-refractivity contribution in [3.05, 3.63) is 10.6 Å². The van der Waals surface area contributed by atoms with Gasteiger partial charge in [0.25, 0.3) is 0 Å². The fraction of sp³-hybridized carbons (Fsp3) is 0.545. The van der Waals surface area contributed by atoms with E-state index in [4.69, 9.17) is 9.84 Å². The lowest BCUT2D eigenvalue weighted by Gasteiger charge is -2.15. The molecule has 1 aromatic heterocycles. The third-order valence-electron chi connectivity index (χ3n) is 2.07. The van der Waals surface area contributed by atoms with Gasteiger partial charge in [-0.15, -0.1) is 0 Å². The van der Waals surface area contributed by atoms with Gasteiger partial charge in [-0.25, -0.2) is 9.78 Å². The summed E-state index contributed by atoms with van der Waals surface area (Å²) in [5.41, 5.74) is -0.240. The smallest absolute Gasteiger partial charge is 0.347 e. The molecule has 0 unspecified atom stereocenters. The predicted molar refractivity (Wildman–Crippen MR) is 67.9 cm³/mol. The SMILES string of the molecule is COCc1nc(NC(=O)C(C)(C)C)sc1C(=O)O. The van der Waals surface area contributed by atoms with Crippen LogP contribution in [0.25, 0.3) is 0 Å². The molecule has 7 heteroatoms. The second kappa shape index (κ2) is 5.45. The Hall–Kier alpha value is -1.47. The summed E-state index contributed by atoms with van der Waals surface area (Å²) in [6, 6.07) is 0. The van der Waals surface area contributed by atoms with Crippen molar-refractivity contribution >= 4 is 28.3 Å². The van der Waals surface area contributed by atoms with Crippen molar-refractivity contribution in [3.8, 4) is 0 Å². The molecule has 0 aliphatic heterocycles. The Morgan fingerprint density at radius 2 is 2.06 bits per heavy atom. The lowest BCUT2D eigenvalue weighted by Crippen LogP contribution is -2.27. The maximum atomic E-state index is 11.8. The van der Waals surface area contributed by atoms with Crippen LogP contribution in [-0.4, -0.2) is 29.1 Å². The maximum Gasteiger partial charge on any atom is 0.347 e. The number of amides is 1. The molecule has 0 saturated heterocycles. The molecule has 0 saturated carbocycles. The van der Waals surface area contributed by atoms with Crippen LogP contribution in [-0.2, 0) is 16.1 Å². The van der Waals surface area contributed by atoms with Crippen molar-refractivity contribution in [1.29, 1.82) is 0 Å². The molecule has 1 amide bonds. The molecular formula is C11H16N2O4S. The molecule has 0 bridgehead atoms. The van der Waals surface area contributed by atoms with Crippen LogP contribution in [0.2, 0.25) is 0 Å². The average molecular weight is 272 g/mol. The van der Waals surface area contributed by atoms with E-state index < -0.39 is 11.4 Å². The summed E-state index contributed by atoms with van der Waals surface area (Å²) in [4.78, 5) is 26.9. The first kappa shape index (κ1) is 14.6. The fourth-order valence-corrected chi connectivity index (χ4v) is 1.89. The summed E-state index contributed by atoms with van der Waals surface area (Å²) < 4.78 is 4.87. The molecule has 1 rings (SSSR count). The first-order valence-corrected chi connectivity index (χ1v) is 6.10. The van der Waals surface area contributed by atoms with E-state index in [-0.39, 0.29) is 22.5 Å². The zero-order valence-electron chi connectivity index (χ0n) is 10.7. The molecule has 0 fully saturated rings. The highest BCUT2D eigenvalue weighted by Gasteiger charge is 2.24. The number of hydrogen-bond acceptors (Lipinski definition) is 5. The summed E-state index contributed by atoms with van der Waals surface area (Å²) in [7, 11) is 1.46. The number of hydrogen-bond donors (Lipinski definition) is 2. The number of ether oxygens (including phenoxy) is 1. The number of carboxylic acid groups (broad SMARTS) is 1. The first-order chi connectivity index (χ1) is 8.25. The summed E-state index contributed by atoms with van der Waals surface area (Å²) in [5.74, 6) is -1.28. The second-order valence-corrected chi connectivity index (χ2v) is 5.74. The molecule has 6 nitrogen and oxygen atoms in total. The Bertz CT molecular complexity index is 462. The van der Waals surface area contributed by atoms with Gasteiger partial charge in [0.1, 0.15) is 4.88 Å². The molecule has 0 aromatic carbocycles. The van der Waals surface area contributed by atoms with E-state index in [0.29, 0.717) is 5.69 Å². The number of aromatic carboxylic acids is 1. The minimum absolute atomic E-state index is 0.0843. The molecule has 18 heavy (non-hydrogen) atoms. The van der Waals surface area contributed by atoms with Crippen molar-refractivity contribution in [2.45, 2.75) is 27.4 Å². The van der Waals surface area contributed by atoms with Crippen molar-refractivity contribution in [1.82, 2.24) is 4.98 Å². The van der Waals surface area contributed by atoms with Gasteiger partial charge >= 0.3 is 5.97 Å². The van der Waals surface area contributed by atoms with Gasteiger partial charge in [-0.2, -0.15) is 0 Å². The zero-order valence-corrected chi connectivity index (χ0v) is 11.6. The van der Waals surface area contributed by atoms with Crippen LogP contribution in [0.15, 0.2) is 0 Å². The molecule has 1 heterocycles. The lowest BCUT2D eigenvalue weighted by atomic mass is 9.96. The van der Waals surface area contributed by atoms with Crippen LogP contribution in [0.1, 0.15) is 36.1 Å². The van der Waals surface area contributed by atoms with Crippen LogP contribution in [0, 0.1) is 5.41 Å². The third kappa shape index (κ3) is 3.51. The minimum atomic E-state index is -1.07. The Morgan fingerprint density at radius 1 is 1.44 bits per heavy atom. The molecular weight excluding hydrogens is 256 g/mol.